The summed E-state index contributed by atoms with van der Waals surface area (Å²) in [5, 5.41) is 5.16. The van der Waals surface area contributed by atoms with Crippen molar-refractivity contribution in [3.8, 4) is 0 Å². The Morgan fingerprint density at radius 2 is 2.00 bits per heavy atom. The van der Waals surface area contributed by atoms with E-state index in [1.165, 1.54) is 11.3 Å². The van der Waals surface area contributed by atoms with E-state index >= 15 is 0 Å². The van der Waals surface area contributed by atoms with Gasteiger partial charge in [-0.05, 0) is 19.4 Å². The number of imide groups is 1. The number of aromatic nitrogens is 1. The maximum atomic E-state index is 12.3. The van der Waals surface area contributed by atoms with E-state index in [0.717, 1.165) is 16.3 Å². The van der Waals surface area contributed by atoms with Gasteiger partial charge in [0.15, 0.2) is 0 Å². The lowest BCUT2D eigenvalue weighted by Gasteiger charge is -2.31. The van der Waals surface area contributed by atoms with Crippen LogP contribution in [-0.4, -0.2) is 21.8 Å². The van der Waals surface area contributed by atoms with Gasteiger partial charge in [-0.25, -0.2) is 9.78 Å². The summed E-state index contributed by atoms with van der Waals surface area (Å²) in [7, 11) is 0. The molecule has 6 heteroatoms. The number of nitrogens with one attached hydrogen (secondary N) is 1. The fraction of sp³-hybridized carbons (Fsp3) is 0.267. The minimum absolute atomic E-state index is 0.299. The van der Waals surface area contributed by atoms with Gasteiger partial charge in [0.1, 0.15) is 10.5 Å². The minimum atomic E-state index is -1.00. The minimum Gasteiger partial charge on any atom is -0.299 e. The lowest BCUT2D eigenvalue weighted by Crippen LogP contribution is -2.43. The van der Waals surface area contributed by atoms with Gasteiger partial charge in [0.2, 0.25) is 0 Å². The van der Waals surface area contributed by atoms with Crippen LogP contribution in [0.2, 0.25) is 0 Å². The molecular formula is C15H15N3O2S. The Bertz CT molecular complexity index is 698. The van der Waals surface area contributed by atoms with Crippen molar-refractivity contribution in [2.24, 2.45) is 0 Å². The van der Waals surface area contributed by atoms with Gasteiger partial charge < -0.3 is 0 Å². The fourth-order valence-corrected chi connectivity index (χ4v) is 3.26. The Hall–Kier alpha value is -2.21. The monoisotopic (exact) mass is 301 g/mol. The van der Waals surface area contributed by atoms with Crippen LogP contribution >= 0.6 is 11.3 Å². The van der Waals surface area contributed by atoms with Crippen LogP contribution in [0.4, 0.5) is 4.79 Å². The third-order valence-corrected chi connectivity index (χ3v) is 4.69. The Kier molecular flexibility index (Phi) is 3.25. The number of carbonyl (C=O) groups excluding carboxylic acids is 2. The van der Waals surface area contributed by atoms with Crippen molar-refractivity contribution in [2.45, 2.75) is 25.9 Å². The van der Waals surface area contributed by atoms with Crippen molar-refractivity contribution in [1.29, 1.82) is 0 Å². The summed E-state index contributed by atoms with van der Waals surface area (Å²) >= 11 is 1.49. The summed E-state index contributed by atoms with van der Waals surface area (Å²) in [6.45, 7) is 4.00. The average Bonchev–Trinajstić information content (AvgIpc) is 2.98. The number of hydrogen-bond acceptors (Lipinski definition) is 4. The number of carbonyl (C=O) groups is 2. The van der Waals surface area contributed by atoms with Crippen molar-refractivity contribution in [1.82, 2.24) is 15.2 Å². The van der Waals surface area contributed by atoms with Gasteiger partial charge in [-0.3, -0.25) is 15.0 Å². The molecule has 3 rings (SSSR count). The lowest BCUT2D eigenvalue weighted by molar-refractivity contribution is -0.126. The van der Waals surface area contributed by atoms with E-state index in [0.29, 0.717) is 6.54 Å². The summed E-state index contributed by atoms with van der Waals surface area (Å²) < 4.78 is 0. The van der Waals surface area contributed by atoms with Crippen molar-refractivity contribution in [3.63, 3.8) is 0 Å². The molecule has 2 heterocycles. The second-order valence-electron chi connectivity index (χ2n) is 5.17. The number of nitrogens with zero attached hydrogens (tertiary/aromatic N) is 2. The molecule has 0 bridgehead atoms. The quantitative estimate of drug-likeness (QED) is 0.886. The van der Waals surface area contributed by atoms with Gasteiger partial charge in [0, 0.05) is 11.1 Å². The van der Waals surface area contributed by atoms with Crippen molar-refractivity contribution in [2.75, 3.05) is 0 Å². The second kappa shape index (κ2) is 4.96. The summed E-state index contributed by atoms with van der Waals surface area (Å²) in [4.78, 5) is 30.4. The van der Waals surface area contributed by atoms with E-state index in [9.17, 15) is 9.59 Å². The maximum Gasteiger partial charge on any atom is 0.325 e. The number of thiazole rings is 1. The zero-order valence-corrected chi connectivity index (χ0v) is 12.6. The average molecular weight is 301 g/mol. The fourth-order valence-electron chi connectivity index (χ4n) is 2.50. The van der Waals surface area contributed by atoms with Gasteiger partial charge in [0.05, 0.1) is 6.54 Å². The Morgan fingerprint density at radius 3 is 2.62 bits per heavy atom. The van der Waals surface area contributed by atoms with Gasteiger partial charge in [-0.1, -0.05) is 30.3 Å². The molecule has 1 atom stereocenters. The van der Waals surface area contributed by atoms with E-state index in [-0.39, 0.29) is 11.9 Å². The number of rotatable bonds is 3. The smallest absolute Gasteiger partial charge is 0.299 e. The van der Waals surface area contributed by atoms with Crippen LogP contribution in [-0.2, 0) is 16.9 Å². The molecule has 108 valence electrons. The van der Waals surface area contributed by atoms with Crippen LogP contribution in [0.5, 0.6) is 0 Å². The van der Waals surface area contributed by atoms with Crippen molar-refractivity contribution < 1.29 is 9.59 Å². The molecule has 2 aromatic rings. The summed E-state index contributed by atoms with van der Waals surface area (Å²) in [5.41, 5.74) is 0.710. The van der Waals surface area contributed by atoms with Crippen LogP contribution in [0, 0.1) is 6.92 Å². The predicted molar refractivity (Wildman–Crippen MR) is 79.7 cm³/mol. The topological polar surface area (TPSA) is 62.3 Å². The molecule has 1 aromatic heterocycles. The molecule has 1 N–H and O–H groups in total. The molecular weight excluding hydrogens is 286 g/mol. The van der Waals surface area contributed by atoms with Crippen LogP contribution in [0.1, 0.15) is 23.2 Å². The number of urea groups is 1. The van der Waals surface area contributed by atoms with E-state index < -0.39 is 5.54 Å². The Labute approximate surface area is 126 Å². The van der Waals surface area contributed by atoms with Crippen LogP contribution in [0.3, 0.4) is 0 Å². The molecule has 21 heavy (non-hydrogen) atoms. The normalized spacial score (nSPS) is 21.7. The van der Waals surface area contributed by atoms with Gasteiger partial charge >= 0.3 is 6.03 Å². The first-order valence-corrected chi connectivity index (χ1v) is 7.49. The van der Waals surface area contributed by atoms with Crippen molar-refractivity contribution >= 4 is 23.3 Å². The van der Waals surface area contributed by atoms with Gasteiger partial charge in [0.25, 0.3) is 5.91 Å². The molecule has 1 aliphatic rings. The van der Waals surface area contributed by atoms with E-state index in [1.54, 1.807) is 11.8 Å². The third-order valence-electron chi connectivity index (χ3n) is 3.74. The van der Waals surface area contributed by atoms with E-state index in [1.807, 2.05) is 42.6 Å². The molecule has 1 aromatic carbocycles. The third kappa shape index (κ3) is 2.21. The summed E-state index contributed by atoms with van der Waals surface area (Å²) in [6.07, 6.45) is 0. The van der Waals surface area contributed by atoms with Crippen LogP contribution in [0.25, 0.3) is 0 Å². The van der Waals surface area contributed by atoms with Crippen LogP contribution < -0.4 is 5.32 Å². The molecule has 0 saturated carbocycles. The van der Waals surface area contributed by atoms with E-state index in [4.69, 9.17) is 0 Å². The molecule has 3 amide bonds. The molecule has 5 nitrogen and oxygen atoms in total. The highest BCUT2D eigenvalue weighted by Gasteiger charge is 2.50. The van der Waals surface area contributed by atoms with Gasteiger partial charge in [-0.15, -0.1) is 11.3 Å². The highest BCUT2D eigenvalue weighted by molar-refractivity contribution is 7.09. The number of benzene rings is 1. The molecule has 0 spiro atoms. The first-order valence-electron chi connectivity index (χ1n) is 6.61. The molecule has 1 fully saturated rings. The predicted octanol–water partition coefficient (Wildman–Crippen LogP) is 2.42. The van der Waals surface area contributed by atoms with Gasteiger partial charge in [-0.2, -0.15) is 0 Å². The molecule has 1 aliphatic heterocycles. The highest BCUT2D eigenvalue weighted by Crippen LogP contribution is 2.34. The van der Waals surface area contributed by atoms with Crippen molar-refractivity contribution in [3.05, 3.63) is 52.0 Å². The zero-order chi connectivity index (χ0) is 15.0. The highest BCUT2D eigenvalue weighted by atomic mass is 32.1. The molecule has 1 saturated heterocycles. The van der Waals surface area contributed by atoms with E-state index in [2.05, 4.69) is 10.3 Å². The SMILES string of the molecule is Cc1csc(CN2C(=O)NC(=O)C2(C)c2ccccc2)n1. The maximum absolute atomic E-state index is 12.3. The molecule has 0 aliphatic carbocycles. The largest absolute Gasteiger partial charge is 0.325 e. The molecule has 1 unspecified atom stereocenters. The summed E-state index contributed by atoms with van der Waals surface area (Å²) in [6, 6.07) is 8.96. The lowest BCUT2D eigenvalue weighted by atomic mass is 9.90. The second-order valence-corrected chi connectivity index (χ2v) is 6.11. The first-order chi connectivity index (χ1) is 10.0. The summed E-state index contributed by atoms with van der Waals surface area (Å²) in [5.74, 6) is -0.299. The first kappa shape index (κ1) is 13.8. The standard InChI is InChI=1S/C15H15N3O2S/c1-10-9-21-12(16-10)8-18-14(20)17-13(19)15(18,2)11-6-4-3-5-7-11/h3-7,9H,8H2,1-2H3,(H,17,19,20). The number of aryl methyl sites for hydroxylation is 1. The molecule has 0 radical (unpaired) electrons. The number of amides is 3. The Balaban J connectivity index is 2.00. The zero-order valence-electron chi connectivity index (χ0n) is 11.8. The Morgan fingerprint density at radius 1 is 1.29 bits per heavy atom. The van der Waals surface area contributed by atoms with Crippen LogP contribution in [0.15, 0.2) is 35.7 Å². The number of hydrogen-bond donors (Lipinski definition) is 1.